The molecule has 2 aromatic heterocycles. The molecule has 0 saturated carbocycles. The first kappa shape index (κ1) is 12.8. The van der Waals surface area contributed by atoms with Crippen LogP contribution in [0.4, 0.5) is 0 Å². The van der Waals surface area contributed by atoms with Gasteiger partial charge in [-0.15, -0.1) is 0 Å². The summed E-state index contributed by atoms with van der Waals surface area (Å²) in [6, 6.07) is 5.27. The Labute approximate surface area is 125 Å². The number of H-pyrrole nitrogens is 1. The minimum atomic E-state index is -0.976. The van der Waals surface area contributed by atoms with Crippen LogP contribution >= 0.6 is 0 Å². The summed E-state index contributed by atoms with van der Waals surface area (Å²) in [5, 5.41) is 13.0. The van der Waals surface area contributed by atoms with Gasteiger partial charge in [0.15, 0.2) is 0 Å². The van der Waals surface area contributed by atoms with Crippen molar-refractivity contribution in [3.8, 4) is 11.6 Å². The van der Waals surface area contributed by atoms with Crippen LogP contribution < -0.4 is 10.1 Å². The summed E-state index contributed by atoms with van der Waals surface area (Å²) in [6.45, 7) is 1.37. The van der Waals surface area contributed by atoms with Gasteiger partial charge in [-0.25, -0.2) is 14.8 Å². The van der Waals surface area contributed by atoms with E-state index in [-0.39, 0.29) is 5.56 Å². The van der Waals surface area contributed by atoms with E-state index in [1.54, 1.807) is 18.2 Å². The molecule has 7 nitrogen and oxygen atoms in total. The summed E-state index contributed by atoms with van der Waals surface area (Å²) in [4.78, 5) is 22.5. The van der Waals surface area contributed by atoms with E-state index in [2.05, 4.69) is 20.3 Å². The highest BCUT2D eigenvalue weighted by molar-refractivity contribution is 6.03. The number of carbonyl (C=O) groups is 1. The third kappa shape index (κ3) is 1.99. The maximum atomic E-state index is 11.2. The average molecular weight is 296 g/mol. The van der Waals surface area contributed by atoms with Gasteiger partial charge in [0.25, 0.3) is 0 Å². The van der Waals surface area contributed by atoms with Crippen LogP contribution in [0.2, 0.25) is 0 Å². The van der Waals surface area contributed by atoms with E-state index in [0.717, 1.165) is 16.8 Å². The molecule has 7 heteroatoms. The van der Waals surface area contributed by atoms with Crippen LogP contribution in [0.25, 0.3) is 10.9 Å². The number of aromatic nitrogens is 3. The zero-order valence-electron chi connectivity index (χ0n) is 11.5. The van der Waals surface area contributed by atoms with Crippen molar-refractivity contribution >= 4 is 16.9 Å². The number of nitrogens with zero attached hydrogens (tertiary/aromatic N) is 2. The number of nitrogens with one attached hydrogen (secondary N) is 2. The maximum absolute atomic E-state index is 11.2. The predicted octanol–water partition coefficient (Wildman–Crippen LogP) is 2.05. The third-order valence-electron chi connectivity index (χ3n) is 3.69. The largest absolute Gasteiger partial charge is 0.478 e. The molecule has 0 radical (unpaired) electrons. The van der Waals surface area contributed by atoms with Crippen molar-refractivity contribution in [1.82, 2.24) is 20.3 Å². The zero-order chi connectivity index (χ0) is 15.1. The van der Waals surface area contributed by atoms with Crippen molar-refractivity contribution in [2.45, 2.75) is 13.1 Å². The van der Waals surface area contributed by atoms with Crippen LogP contribution in [-0.4, -0.2) is 26.0 Å². The Balaban J connectivity index is 1.74. The lowest BCUT2D eigenvalue weighted by molar-refractivity contribution is 0.0699. The minimum absolute atomic E-state index is 0.218. The summed E-state index contributed by atoms with van der Waals surface area (Å²) in [6.07, 6.45) is 2.95. The Morgan fingerprint density at radius 1 is 1.27 bits per heavy atom. The fraction of sp³-hybridized carbons (Fsp3) is 0.133. The molecule has 0 unspecified atom stereocenters. The first-order valence-electron chi connectivity index (χ1n) is 6.78. The second kappa shape index (κ2) is 4.81. The van der Waals surface area contributed by atoms with Gasteiger partial charge in [0.05, 0.1) is 16.8 Å². The lowest BCUT2D eigenvalue weighted by atomic mass is 10.1. The van der Waals surface area contributed by atoms with Crippen LogP contribution in [0.3, 0.4) is 0 Å². The molecule has 1 aliphatic heterocycles. The monoisotopic (exact) mass is 296 g/mol. The van der Waals surface area contributed by atoms with Crippen LogP contribution in [0.15, 0.2) is 30.7 Å². The SMILES string of the molecule is O=C(O)c1c[nH]c2ccc(Oc3ncnc4c3CNC4)cc12. The van der Waals surface area contributed by atoms with E-state index in [4.69, 9.17) is 4.74 Å². The minimum Gasteiger partial charge on any atom is -0.478 e. The lowest BCUT2D eigenvalue weighted by Crippen LogP contribution is -2.00. The summed E-state index contributed by atoms with van der Waals surface area (Å²) in [5.74, 6) is 0.0692. The maximum Gasteiger partial charge on any atom is 0.337 e. The first-order valence-corrected chi connectivity index (χ1v) is 6.78. The Hall–Kier alpha value is -2.93. The second-order valence-corrected chi connectivity index (χ2v) is 5.02. The van der Waals surface area contributed by atoms with Crippen LogP contribution in [0.5, 0.6) is 11.6 Å². The van der Waals surface area contributed by atoms with Crippen molar-refractivity contribution in [2.24, 2.45) is 0 Å². The average Bonchev–Trinajstić information content (AvgIpc) is 3.13. The molecule has 0 spiro atoms. The van der Waals surface area contributed by atoms with Gasteiger partial charge in [-0.3, -0.25) is 0 Å². The highest BCUT2D eigenvalue weighted by Crippen LogP contribution is 2.30. The summed E-state index contributed by atoms with van der Waals surface area (Å²) in [7, 11) is 0. The molecule has 1 aromatic carbocycles. The van der Waals surface area contributed by atoms with Gasteiger partial charge in [0.2, 0.25) is 5.88 Å². The number of aromatic carboxylic acids is 1. The number of hydrogen-bond acceptors (Lipinski definition) is 5. The van der Waals surface area contributed by atoms with Crippen molar-refractivity contribution in [1.29, 1.82) is 0 Å². The lowest BCUT2D eigenvalue weighted by Gasteiger charge is -2.08. The van der Waals surface area contributed by atoms with Crippen molar-refractivity contribution < 1.29 is 14.6 Å². The van der Waals surface area contributed by atoms with E-state index < -0.39 is 5.97 Å². The predicted molar refractivity (Wildman–Crippen MR) is 77.9 cm³/mol. The van der Waals surface area contributed by atoms with E-state index in [9.17, 15) is 9.90 Å². The topological polar surface area (TPSA) is 100 Å². The van der Waals surface area contributed by atoms with Gasteiger partial charge in [0, 0.05) is 30.2 Å². The molecule has 1 aliphatic rings. The van der Waals surface area contributed by atoms with Crippen LogP contribution in [0.1, 0.15) is 21.6 Å². The standard InChI is InChI=1S/C15H12N4O3/c20-15(21)10-5-17-12-2-1-8(3-9(10)12)22-14-11-4-16-6-13(11)18-7-19-14/h1-3,5,7,16-17H,4,6H2,(H,20,21). The quantitative estimate of drug-likeness (QED) is 0.684. The molecule has 3 heterocycles. The van der Waals surface area contributed by atoms with Gasteiger partial charge in [0.1, 0.15) is 12.1 Å². The molecule has 0 atom stereocenters. The molecule has 110 valence electrons. The number of fused-ring (bicyclic) bond motifs is 2. The van der Waals surface area contributed by atoms with Crippen LogP contribution in [0, 0.1) is 0 Å². The molecule has 22 heavy (non-hydrogen) atoms. The number of hydrogen-bond donors (Lipinski definition) is 3. The number of rotatable bonds is 3. The van der Waals surface area contributed by atoms with E-state index in [1.807, 2.05) is 0 Å². The number of carboxylic acids is 1. The van der Waals surface area contributed by atoms with E-state index in [0.29, 0.717) is 30.1 Å². The number of carboxylic acid groups (broad SMARTS) is 1. The normalized spacial score (nSPS) is 13.3. The smallest absolute Gasteiger partial charge is 0.337 e. The number of benzene rings is 1. The number of aromatic amines is 1. The molecule has 0 aliphatic carbocycles. The van der Waals surface area contributed by atoms with Gasteiger partial charge >= 0.3 is 5.97 Å². The summed E-state index contributed by atoms with van der Waals surface area (Å²) >= 11 is 0. The molecule has 0 bridgehead atoms. The molecule has 3 N–H and O–H groups in total. The Bertz CT molecular complexity index is 888. The molecule has 0 amide bonds. The number of ether oxygens (including phenoxy) is 1. The summed E-state index contributed by atoms with van der Waals surface area (Å²) in [5.41, 5.74) is 2.84. The molecular weight excluding hydrogens is 284 g/mol. The van der Waals surface area contributed by atoms with Crippen molar-refractivity contribution in [3.63, 3.8) is 0 Å². The van der Waals surface area contributed by atoms with Crippen molar-refractivity contribution in [3.05, 3.63) is 47.5 Å². The Morgan fingerprint density at radius 3 is 3.05 bits per heavy atom. The van der Waals surface area contributed by atoms with Crippen molar-refractivity contribution in [2.75, 3.05) is 0 Å². The second-order valence-electron chi connectivity index (χ2n) is 5.02. The van der Waals surface area contributed by atoms with Gasteiger partial charge in [-0.2, -0.15) is 0 Å². The van der Waals surface area contributed by atoms with Gasteiger partial charge in [-0.05, 0) is 18.2 Å². The van der Waals surface area contributed by atoms with Gasteiger partial charge < -0.3 is 20.1 Å². The fourth-order valence-corrected chi connectivity index (χ4v) is 2.61. The fourth-order valence-electron chi connectivity index (χ4n) is 2.61. The first-order chi connectivity index (χ1) is 10.7. The molecular formula is C15H12N4O3. The third-order valence-corrected chi connectivity index (χ3v) is 3.69. The Morgan fingerprint density at radius 2 is 2.18 bits per heavy atom. The van der Waals surface area contributed by atoms with E-state index in [1.165, 1.54) is 12.5 Å². The van der Waals surface area contributed by atoms with E-state index >= 15 is 0 Å². The molecule has 3 aromatic rings. The summed E-state index contributed by atoms with van der Waals surface area (Å²) < 4.78 is 5.84. The molecule has 0 saturated heterocycles. The van der Waals surface area contributed by atoms with Crippen LogP contribution in [-0.2, 0) is 13.1 Å². The molecule has 0 fully saturated rings. The van der Waals surface area contributed by atoms with Gasteiger partial charge in [-0.1, -0.05) is 0 Å². The Kier molecular flexibility index (Phi) is 2.80. The molecule has 4 rings (SSSR count). The highest BCUT2D eigenvalue weighted by atomic mass is 16.5. The highest BCUT2D eigenvalue weighted by Gasteiger charge is 2.18. The zero-order valence-corrected chi connectivity index (χ0v) is 11.5.